The Bertz CT molecular complexity index is 764. The van der Waals surface area contributed by atoms with Gasteiger partial charge in [0.05, 0.1) is 6.04 Å². The lowest BCUT2D eigenvalue weighted by Crippen LogP contribution is -2.29. The number of aryl methyl sites for hydroxylation is 2. The molecule has 1 aliphatic carbocycles. The van der Waals surface area contributed by atoms with Crippen molar-refractivity contribution in [1.29, 1.82) is 0 Å². The van der Waals surface area contributed by atoms with E-state index in [1.54, 1.807) is 6.07 Å². The summed E-state index contributed by atoms with van der Waals surface area (Å²) in [4.78, 5) is 26.2. The van der Waals surface area contributed by atoms with E-state index in [2.05, 4.69) is 35.4 Å². The zero-order chi connectivity index (χ0) is 16.2. The Morgan fingerprint density at radius 3 is 2.70 bits per heavy atom. The van der Waals surface area contributed by atoms with Gasteiger partial charge in [-0.05, 0) is 54.9 Å². The molecule has 23 heavy (non-hydrogen) atoms. The summed E-state index contributed by atoms with van der Waals surface area (Å²) in [5.41, 5.74) is 4.13. The van der Waals surface area contributed by atoms with Gasteiger partial charge >= 0.3 is 0 Å². The Morgan fingerprint density at radius 2 is 1.96 bits per heavy atom. The maximum Gasteiger partial charge on any atom is 0.252 e. The van der Waals surface area contributed by atoms with Gasteiger partial charge in [-0.2, -0.15) is 0 Å². The number of benzene rings is 1. The molecular weight excluding hydrogens is 288 g/mol. The predicted molar refractivity (Wildman–Crippen MR) is 90.6 cm³/mol. The molecule has 1 aromatic carbocycles. The van der Waals surface area contributed by atoms with E-state index in [4.69, 9.17) is 0 Å². The minimum atomic E-state index is -0.264. The van der Waals surface area contributed by atoms with Gasteiger partial charge in [-0.3, -0.25) is 9.59 Å². The average Bonchev–Trinajstić information content (AvgIpc) is 2.59. The van der Waals surface area contributed by atoms with Crippen LogP contribution in [0.25, 0.3) is 0 Å². The van der Waals surface area contributed by atoms with E-state index in [0.29, 0.717) is 5.56 Å². The molecule has 0 saturated carbocycles. The Morgan fingerprint density at radius 1 is 1.17 bits per heavy atom. The van der Waals surface area contributed by atoms with Crippen LogP contribution in [0.3, 0.4) is 0 Å². The van der Waals surface area contributed by atoms with Gasteiger partial charge in [-0.25, -0.2) is 0 Å². The molecule has 0 spiro atoms. The van der Waals surface area contributed by atoms with Crippen LogP contribution < -0.4 is 10.9 Å². The number of hydrogen-bond donors (Lipinski definition) is 2. The van der Waals surface area contributed by atoms with Gasteiger partial charge in [0.25, 0.3) is 5.91 Å². The molecule has 1 unspecified atom stereocenters. The summed E-state index contributed by atoms with van der Waals surface area (Å²) < 4.78 is 0. The van der Waals surface area contributed by atoms with Gasteiger partial charge in [-0.15, -0.1) is 0 Å². The number of H-pyrrole nitrogens is 1. The van der Waals surface area contributed by atoms with E-state index in [1.165, 1.54) is 36.2 Å². The molecule has 1 aliphatic rings. The monoisotopic (exact) mass is 310 g/mol. The topological polar surface area (TPSA) is 62.0 Å². The van der Waals surface area contributed by atoms with Gasteiger partial charge in [0.1, 0.15) is 0 Å². The number of nitrogens with one attached hydrogen (secondary N) is 2. The third kappa shape index (κ3) is 3.52. The lowest BCUT2D eigenvalue weighted by molar-refractivity contribution is 0.0935. The number of amides is 1. The number of carbonyl (C=O) groups excluding carboxylic acids is 1. The van der Waals surface area contributed by atoms with Crippen molar-refractivity contribution in [3.05, 3.63) is 69.1 Å². The summed E-state index contributed by atoms with van der Waals surface area (Å²) in [6.07, 6.45) is 7.10. The quantitative estimate of drug-likeness (QED) is 0.911. The fourth-order valence-corrected chi connectivity index (χ4v) is 3.22. The number of pyridine rings is 1. The first-order chi connectivity index (χ1) is 11.2. The molecule has 1 heterocycles. The van der Waals surface area contributed by atoms with Crippen molar-refractivity contribution >= 4 is 5.91 Å². The summed E-state index contributed by atoms with van der Waals surface area (Å²) >= 11 is 0. The molecule has 1 amide bonds. The molecule has 0 aliphatic heterocycles. The fraction of sp³-hybridized carbons (Fsp3) is 0.368. The van der Waals surface area contributed by atoms with Crippen LogP contribution in [0, 0.1) is 0 Å². The highest BCUT2D eigenvalue weighted by Gasteiger charge is 2.17. The molecule has 1 aromatic heterocycles. The third-order valence-corrected chi connectivity index (χ3v) is 4.53. The van der Waals surface area contributed by atoms with E-state index in [0.717, 1.165) is 24.8 Å². The Hall–Kier alpha value is -2.36. The summed E-state index contributed by atoms with van der Waals surface area (Å²) in [5.74, 6) is -0.208. The molecule has 3 rings (SSSR count). The molecule has 2 aromatic rings. The maximum absolute atomic E-state index is 12.4. The lowest BCUT2D eigenvalue weighted by atomic mass is 9.88. The normalized spacial score (nSPS) is 14.8. The molecule has 0 bridgehead atoms. The molecule has 4 nitrogen and oxygen atoms in total. The molecule has 2 N–H and O–H groups in total. The van der Waals surface area contributed by atoms with Crippen molar-refractivity contribution < 1.29 is 4.79 Å². The molecule has 4 heteroatoms. The number of aromatic nitrogens is 1. The predicted octanol–water partition coefficient (Wildman–Crippen LogP) is 3.13. The Kier molecular flexibility index (Phi) is 4.60. The number of aromatic amines is 1. The number of fused-ring (bicyclic) bond motifs is 1. The number of hydrogen-bond acceptors (Lipinski definition) is 2. The highest BCUT2D eigenvalue weighted by Crippen LogP contribution is 2.26. The zero-order valence-corrected chi connectivity index (χ0v) is 13.4. The minimum absolute atomic E-state index is 0.0333. The second-order valence-electron chi connectivity index (χ2n) is 6.11. The molecule has 0 saturated heterocycles. The highest BCUT2D eigenvalue weighted by atomic mass is 16.2. The molecule has 0 fully saturated rings. The van der Waals surface area contributed by atoms with Crippen molar-refractivity contribution in [3.8, 4) is 0 Å². The average molecular weight is 310 g/mol. The van der Waals surface area contributed by atoms with Gasteiger partial charge < -0.3 is 10.3 Å². The van der Waals surface area contributed by atoms with Crippen molar-refractivity contribution in [2.24, 2.45) is 0 Å². The summed E-state index contributed by atoms with van der Waals surface area (Å²) in [6, 6.07) is 9.47. The SMILES string of the molecule is CCC(NC(=O)c1cc[nH]c(=O)c1)c1ccc2c(c1)CCCC2. The van der Waals surface area contributed by atoms with Crippen molar-refractivity contribution in [2.45, 2.75) is 45.1 Å². The first kappa shape index (κ1) is 15.5. The van der Waals surface area contributed by atoms with Crippen LogP contribution in [-0.4, -0.2) is 10.9 Å². The molecule has 0 radical (unpaired) electrons. The second kappa shape index (κ2) is 6.82. The van der Waals surface area contributed by atoms with Crippen LogP contribution in [0.5, 0.6) is 0 Å². The summed E-state index contributed by atoms with van der Waals surface area (Å²) in [5, 5.41) is 3.04. The lowest BCUT2D eigenvalue weighted by Gasteiger charge is -2.21. The van der Waals surface area contributed by atoms with Crippen LogP contribution in [0.15, 0.2) is 41.3 Å². The summed E-state index contributed by atoms with van der Waals surface area (Å²) in [7, 11) is 0. The Labute approximate surface area is 135 Å². The van der Waals surface area contributed by atoms with Gasteiger partial charge in [-0.1, -0.05) is 25.1 Å². The van der Waals surface area contributed by atoms with Gasteiger partial charge in [0.2, 0.25) is 5.56 Å². The second-order valence-corrected chi connectivity index (χ2v) is 6.11. The van der Waals surface area contributed by atoms with Crippen molar-refractivity contribution in [1.82, 2.24) is 10.3 Å². The molecular formula is C19H22N2O2. The van der Waals surface area contributed by atoms with Crippen LogP contribution in [0.1, 0.15) is 59.3 Å². The third-order valence-electron chi connectivity index (χ3n) is 4.53. The van der Waals surface area contributed by atoms with E-state index in [9.17, 15) is 9.59 Å². The van der Waals surface area contributed by atoms with Crippen LogP contribution >= 0.6 is 0 Å². The minimum Gasteiger partial charge on any atom is -0.345 e. The molecule has 120 valence electrons. The molecule has 1 atom stereocenters. The number of carbonyl (C=O) groups is 1. The van der Waals surface area contributed by atoms with E-state index in [-0.39, 0.29) is 17.5 Å². The van der Waals surface area contributed by atoms with Gasteiger partial charge in [0, 0.05) is 17.8 Å². The first-order valence-electron chi connectivity index (χ1n) is 8.28. The van der Waals surface area contributed by atoms with Crippen LogP contribution in [0.4, 0.5) is 0 Å². The van der Waals surface area contributed by atoms with Crippen molar-refractivity contribution in [3.63, 3.8) is 0 Å². The van der Waals surface area contributed by atoms with E-state index >= 15 is 0 Å². The van der Waals surface area contributed by atoms with Crippen LogP contribution in [0.2, 0.25) is 0 Å². The smallest absolute Gasteiger partial charge is 0.252 e. The number of rotatable bonds is 4. The standard InChI is InChI=1S/C19H22N2O2/c1-2-17(21-19(23)16-9-10-20-18(22)12-16)15-8-7-13-5-3-4-6-14(13)11-15/h7-12,17H,2-6H2,1H3,(H,20,22)(H,21,23). The van der Waals surface area contributed by atoms with E-state index in [1.807, 2.05) is 0 Å². The van der Waals surface area contributed by atoms with Gasteiger partial charge in [0.15, 0.2) is 0 Å². The van der Waals surface area contributed by atoms with E-state index < -0.39 is 0 Å². The van der Waals surface area contributed by atoms with Crippen molar-refractivity contribution in [2.75, 3.05) is 0 Å². The van der Waals surface area contributed by atoms with Crippen LogP contribution in [-0.2, 0) is 12.8 Å². The maximum atomic E-state index is 12.4. The Balaban J connectivity index is 1.80. The zero-order valence-electron chi connectivity index (χ0n) is 13.4. The fourth-order valence-electron chi connectivity index (χ4n) is 3.22. The summed E-state index contributed by atoms with van der Waals surface area (Å²) in [6.45, 7) is 2.06. The largest absolute Gasteiger partial charge is 0.345 e. The highest BCUT2D eigenvalue weighted by molar-refractivity contribution is 5.94. The first-order valence-corrected chi connectivity index (χ1v) is 8.28.